The van der Waals surface area contributed by atoms with Gasteiger partial charge in [0.15, 0.2) is 6.10 Å². The maximum absolute atomic E-state index is 12.8. The summed E-state index contributed by atoms with van der Waals surface area (Å²) in [4.78, 5) is 48.0. The molecule has 3 atom stereocenters. The van der Waals surface area contributed by atoms with Crippen LogP contribution in [0.1, 0.15) is 201 Å². The molecular weight excluding hydrogens is 808 g/mol. The highest BCUT2D eigenvalue weighted by molar-refractivity contribution is 7.47. The Morgan fingerprint density at radius 3 is 1.29 bits per heavy atom. The largest absolute Gasteiger partial charge is 0.472 e. The van der Waals surface area contributed by atoms with Crippen molar-refractivity contribution in [2.75, 3.05) is 26.4 Å². The molecule has 0 aliphatic rings. The summed E-state index contributed by atoms with van der Waals surface area (Å²) in [5, 5.41) is 9.71. The predicted octanol–water partition coefficient (Wildman–Crippen LogP) is 13.2. The van der Waals surface area contributed by atoms with Crippen molar-refractivity contribution in [1.29, 1.82) is 0 Å². The summed E-state index contributed by atoms with van der Waals surface area (Å²) in [6.07, 6.45) is 45.1. The fourth-order valence-electron chi connectivity index (χ4n) is 6.27. The average Bonchev–Trinajstić information content (AvgIpc) is 3.25. The number of esters is 3. The highest BCUT2D eigenvalue weighted by Crippen LogP contribution is 2.43. The van der Waals surface area contributed by atoms with Crippen LogP contribution in [-0.2, 0) is 42.2 Å². The second-order valence-electron chi connectivity index (χ2n) is 15.9. The number of phosphoric ester groups is 1. The molecule has 3 unspecified atom stereocenters. The molecular formula is C50H87O11P. The molecule has 0 rings (SSSR count). The molecule has 0 aliphatic heterocycles. The van der Waals surface area contributed by atoms with Gasteiger partial charge in [-0.15, -0.1) is 0 Å². The molecule has 0 aromatic rings. The summed E-state index contributed by atoms with van der Waals surface area (Å²) >= 11 is 0. The average molecular weight is 895 g/mol. The van der Waals surface area contributed by atoms with Crippen molar-refractivity contribution in [2.45, 2.75) is 213 Å². The summed E-state index contributed by atoms with van der Waals surface area (Å²) in [7, 11) is -4.74. The molecule has 0 amide bonds. The number of ether oxygens (including phenoxy) is 3. The van der Waals surface area contributed by atoms with E-state index in [0.29, 0.717) is 25.7 Å². The van der Waals surface area contributed by atoms with E-state index in [0.717, 1.165) is 70.6 Å². The van der Waals surface area contributed by atoms with Crippen LogP contribution in [0.25, 0.3) is 0 Å². The van der Waals surface area contributed by atoms with Gasteiger partial charge in [-0.05, 0) is 57.8 Å². The van der Waals surface area contributed by atoms with Gasteiger partial charge in [-0.2, -0.15) is 0 Å². The van der Waals surface area contributed by atoms with E-state index in [2.05, 4.69) is 69.4 Å². The first-order valence-electron chi connectivity index (χ1n) is 24.2. The fraction of sp³-hybridized carbons (Fsp3) is 0.740. The molecule has 0 aromatic carbocycles. The first-order chi connectivity index (χ1) is 30.2. The van der Waals surface area contributed by atoms with Gasteiger partial charge in [-0.1, -0.05) is 184 Å². The van der Waals surface area contributed by atoms with E-state index in [-0.39, 0.29) is 25.9 Å². The fourth-order valence-corrected chi connectivity index (χ4v) is 7.06. The molecule has 0 fully saturated rings. The van der Waals surface area contributed by atoms with Crippen molar-refractivity contribution in [1.82, 2.24) is 0 Å². The number of carbonyl (C=O) groups is 3. The molecule has 0 saturated carbocycles. The topological polar surface area (TPSA) is 155 Å². The number of hydrogen-bond donors (Lipinski definition) is 2. The van der Waals surface area contributed by atoms with Crippen LogP contribution in [0, 0.1) is 0 Å². The number of unbranched alkanes of at least 4 members (excludes halogenated alkanes) is 17. The van der Waals surface area contributed by atoms with Gasteiger partial charge < -0.3 is 24.2 Å². The monoisotopic (exact) mass is 895 g/mol. The molecule has 0 saturated heterocycles. The highest BCUT2D eigenvalue weighted by atomic mass is 31.2. The van der Waals surface area contributed by atoms with E-state index in [1.165, 1.54) is 64.2 Å². The van der Waals surface area contributed by atoms with E-state index in [9.17, 15) is 28.9 Å². The Balaban J connectivity index is 4.83. The van der Waals surface area contributed by atoms with Gasteiger partial charge in [0.2, 0.25) is 0 Å². The molecule has 62 heavy (non-hydrogen) atoms. The van der Waals surface area contributed by atoms with Crippen LogP contribution in [0.3, 0.4) is 0 Å². The Labute approximate surface area is 376 Å². The molecule has 0 heterocycles. The Kier molecular flexibility index (Phi) is 42.7. The smallest absolute Gasteiger partial charge is 0.462 e. The lowest BCUT2D eigenvalue weighted by molar-refractivity contribution is -0.161. The molecule has 0 radical (unpaired) electrons. The second kappa shape index (κ2) is 44.8. The molecule has 0 spiro atoms. The third-order valence-electron chi connectivity index (χ3n) is 9.96. The van der Waals surface area contributed by atoms with Crippen molar-refractivity contribution in [3.63, 3.8) is 0 Å². The zero-order valence-corrected chi connectivity index (χ0v) is 40.0. The molecule has 0 bridgehead atoms. The molecule has 2 N–H and O–H groups in total. The number of phosphoric acid groups is 1. The van der Waals surface area contributed by atoms with Crippen LogP contribution in [-0.4, -0.2) is 66.5 Å². The number of rotatable bonds is 44. The Morgan fingerprint density at radius 2 is 0.839 bits per heavy atom. The number of allylic oxidation sites excluding steroid dienone is 10. The number of hydrogen-bond acceptors (Lipinski definition) is 10. The molecule has 11 nitrogen and oxygen atoms in total. The van der Waals surface area contributed by atoms with Gasteiger partial charge >= 0.3 is 25.7 Å². The van der Waals surface area contributed by atoms with Crippen molar-refractivity contribution >= 4 is 25.7 Å². The summed E-state index contributed by atoms with van der Waals surface area (Å²) in [5.41, 5.74) is 0. The van der Waals surface area contributed by atoms with Gasteiger partial charge in [0, 0.05) is 19.3 Å². The van der Waals surface area contributed by atoms with Crippen LogP contribution in [0.2, 0.25) is 0 Å². The molecule has 0 aliphatic carbocycles. The molecule has 0 aromatic heterocycles. The number of aliphatic hydroxyl groups excluding tert-OH is 1. The van der Waals surface area contributed by atoms with Gasteiger partial charge in [0.25, 0.3) is 0 Å². The van der Waals surface area contributed by atoms with Gasteiger partial charge in [-0.3, -0.25) is 23.4 Å². The van der Waals surface area contributed by atoms with Gasteiger partial charge in [0.05, 0.1) is 19.8 Å². The van der Waals surface area contributed by atoms with E-state index in [1.54, 1.807) is 0 Å². The van der Waals surface area contributed by atoms with Crippen LogP contribution in [0.15, 0.2) is 60.8 Å². The van der Waals surface area contributed by atoms with Crippen LogP contribution in [0.5, 0.6) is 0 Å². The highest BCUT2D eigenvalue weighted by Gasteiger charge is 2.28. The molecule has 12 heteroatoms. The van der Waals surface area contributed by atoms with Crippen molar-refractivity contribution in [3.05, 3.63) is 60.8 Å². The minimum Gasteiger partial charge on any atom is -0.462 e. The van der Waals surface area contributed by atoms with Crippen LogP contribution >= 0.6 is 7.82 Å². The van der Waals surface area contributed by atoms with Gasteiger partial charge in [-0.25, -0.2) is 4.57 Å². The normalized spacial score (nSPS) is 14.1. The van der Waals surface area contributed by atoms with Gasteiger partial charge in [0.1, 0.15) is 12.7 Å². The van der Waals surface area contributed by atoms with Crippen molar-refractivity contribution in [3.8, 4) is 0 Å². The lowest BCUT2D eigenvalue weighted by Crippen LogP contribution is -2.30. The summed E-state index contributed by atoms with van der Waals surface area (Å²) in [5.74, 6) is -1.54. The third-order valence-corrected chi connectivity index (χ3v) is 10.9. The summed E-state index contributed by atoms with van der Waals surface area (Å²) in [6.45, 7) is 4.39. The third kappa shape index (κ3) is 42.5. The quantitative estimate of drug-likeness (QED) is 0.0197. The lowest BCUT2D eigenvalue weighted by Gasteiger charge is -2.21. The second-order valence-corrected chi connectivity index (χ2v) is 17.4. The number of carbonyl (C=O) groups excluding carboxylic acids is 3. The van der Waals surface area contributed by atoms with E-state index in [4.69, 9.17) is 23.3 Å². The standard InChI is InChI=1S/C50H87O11P/c1-4-7-10-13-16-19-20-21-22-23-24-25-26-29-32-35-38-41-50(54)61-47(43-57-48(52)39-36-33-30-27-17-14-11-8-5-2)45-59-62(55,56)58-44-46(42-51)60-49(53)40-37-34-31-28-18-15-12-9-6-3/h7,10,16,19,21-22,24-25,29,32,46-47,51H,4-6,8-9,11-15,17-18,20,23,26-28,30-31,33-45H2,1-3H3,(H,55,56)/b10-7-,19-16-,22-21-,25-24-,32-29-. The van der Waals surface area contributed by atoms with E-state index < -0.39 is 57.8 Å². The number of aliphatic hydroxyl groups is 1. The van der Waals surface area contributed by atoms with E-state index in [1.807, 2.05) is 12.2 Å². The predicted molar refractivity (Wildman–Crippen MR) is 252 cm³/mol. The van der Waals surface area contributed by atoms with Crippen molar-refractivity contribution in [2.24, 2.45) is 0 Å². The van der Waals surface area contributed by atoms with E-state index >= 15 is 0 Å². The summed E-state index contributed by atoms with van der Waals surface area (Å²) in [6, 6.07) is 0. The minimum atomic E-state index is -4.74. The maximum atomic E-state index is 12.8. The Bertz CT molecular complexity index is 1280. The summed E-state index contributed by atoms with van der Waals surface area (Å²) < 4.78 is 39.1. The Hall–Kier alpha value is -2.82. The Morgan fingerprint density at radius 1 is 0.468 bits per heavy atom. The molecule has 358 valence electrons. The first-order valence-corrected chi connectivity index (χ1v) is 25.7. The zero-order chi connectivity index (χ0) is 45.6. The first kappa shape index (κ1) is 59.2. The van der Waals surface area contributed by atoms with Crippen LogP contribution in [0.4, 0.5) is 0 Å². The lowest BCUT2D eigenvalue weighted by atomic mass is 10.1. The SMILES string of the molecule is CC/C=C\C/C=C\C/C=C\C/C=C\C/C=C\CCCC(=O)OC(COC(=O)CCCCCCCCCCC)COP(=O)(O)OCC(CO)OC(=O)CCCCCCCCCCC. The maximum Gasteiger partial charge on any atom is 0.472 e. The van der Waals surface area contributed by atoms with Crippen molar-refractivity contribution < 1.29 is 52.2 Å². The minimum absolute atomic E-state index is 0.0904. The van der Waals surface area contributed by atoms with Crippen LogP contribution < -0.4 is 0 Å². The zero-order valence-electron chi connectivity index (χ0n) is 39.1.